The maximum atomic E-state index is 12.3. The van der Waals surface area contributed by atoms with Gasteiger partial charge in [-0.05, 0) is 60.9 Å². The molecule has 1 N–H and O–H groups in total. The van der Waals surface area contributed by atoms with Crippen LogP contribution in [0.3, 0.4) is 0 Å². The van der Waals surface area contributed by atoms with E-state index in [1.54, 1.807) is 30.6 Å². The second kappa shape index (κ2) is 8.64. The van der Waals surface area contributed by atoms with E-state index < -0.39 is 6.61 Å². The van der Waals surface area contributed by atoms with Gasteiger partial charge in [0.05, 0.1) is 6.20 Å². The summed E-state index contributed by atoms with van der Waals surface area (Å²) in [4.78, 5) is 11.4. The molecule has 3 aromatic rings. The molecule has 2 fully saturated rings. The van der Waals surface area contributed by atoms with Gasteiger partial charge in [0.1, 0.15) is 11.6 Å². The lowest BCUT2D eigenvalue weighted by Crippen LogP contribution is -2.44. The standard InChI is InChI=1S/C23H24F2N6O/c24-21(25)32-18-4-2-16(3-5-18)17-14-20(30-27-15-17)28-19-6-11-26-22(29-19)31-12-9-23(10-13-31)7-1-8-23/h2-6,11,14-15,21H,1,7-10,12-13H2,(H,26,28,29,30). The normalized spacial score (nSPS) is 17.3. The molecule has 9 heteroatoms. The SMILES string of the molecule is FC(F)Oc1ccc(-c2cnnc(Nc3ccnc(N4CCC5(CCC5)CC4)n3)c2)cc1. The van der Waals surface area contributed by atoms with Gasteiger partial charge in [-0.25, -0.2) is 4.98 Å². The van der Waals surface area contributed by atoms with Crippen molar-refractivity contribution < 1.29 is 13.5 Å². The Morgan fingerprint density at radius 1 is 0.969 bits per heavy atom. The number of rotatable bonds is 6. The lowest BCUT2D eigenvalue weighted by atomic mass is 9.63. The summed E-state index contributed by atoms with van der Waals surface area (Å²) in [6.45, 7) is -0.866. The van der Waals surface area contributed by atoms with E-state index in [0.717, 1.165) is 30.2 Å². The van der Waals surface area contributed by atoms with Crippen LogP contribution in [0.15, 0.2) is 48.8 Å². The number of anilines is 3. The van der Waals surface area contributed by atoms with Crippen molar-refractivity contribution in [3.05, 3.63) is 48.8 Å². The Kier molecular flexibility index (Phi) is 5.55. The fraction of sp³-hybridized carbons (Fsp3) is 0.391. The van der Waals surface area contributed by atoms with Crippen LogP contribution in [0, 0.1) is 5.41 Å². The maximum Gasteiger partial charge on any atom is 0.387 e. The average molecular weight is 438 g/mol. The summed E-state index contributed by atoms with van der Waals surface area (Å²) in [5.74, 6) is 2.01. The lowest BCUT2D eigenvalue weighted by Gasteiger charge is -2.48. The minimum Gasteiger partial charge on any atom is -0.435 e. The van der Waals surface area contributed by atoms with Crippen molar-refractivity contribution in [2.24, 2.45) is 5.41 Å². The Hall–Kier alpha value is -3.36. The predicted molar refractivity (Wildman–Crippen MR) is 117 cm³/mol. The second-order valence-electron chi connectivity index (χ2n) is 8.44. The number of ether oxygens (including phenoxy) is 1. The van der Waals surface area contributed by atoms with E-state index in [2.05, 4.69) is 35.1 Å². The summed E-state index contributed by atoms with van der Waals surface area (Å²) in [5.41, 5.74) is 2.18. The van der Waals surface area contributed by atoms with E-state index in [1.165, 1.54) is 44.2 Å². The number of nitrogens with one attached hydrogen (secondary N) is 1. The predicted octanol–water partition coefficient (Wildman–Crippen LogP) is 5.05. The largest absolute Gasteiger partial charge is 0.435 e. The van der Waals surface area contributed by atoms with E-state index in [9.17, 15) is 8.78 Å². The van der Waals surface area contributed by atoms with E-state index >= 15 is 0 Å². The molecule has 5 rings (SSSR count). The highest BCUT2D eigenvalue weighted by atomic mass is 19.3. The number of piperidine rings is 1. The van der Waals surface area contributed by atoms with Gasteiger partial charge in [-0.1, -0.05) is 18.6 Å². The Labute approximate surface area is 184 Å². The van der Waals surface area contributed by atoms with Crippen LogP contribution in [0.2, 0.25) is 0 Å². The summed E-state index contributed by atoms with van der Waals surface area (Å²) >= 11 is 0. The highest BCUT2D eigenvalue weighted by molar-refractivity contribution is 5.67. The van der Waals surface area contributed by atoms with Gasteiger partial charge in [-0.2, -0.15) is 18.9 Å². The van der Waals surface area contributed by atoms with Crippen LogP contribution >= 0.6 is 0 Å². The number of hydrogen-bond donors (Lipinski definition) is 1. The molecule has 32 heavy (non-hydrogen) atoms. The zero-order valence-corrected chi connectivity index (χ0v) is 17.5. The van der Waals surface area contributed by atoms with Crippen molar-refractivity contribution in [1.29, 1.82) is 0 Å². The lowest BCUT2D eigenvalue weighted by molar-refractivity contribution is -0.0498. The Balaban J connectivity index is 1.27. The van der Waals surface area contributed by atoms with E-state index in [-0.39, 0.29) is 5.75 Å². The monoisotopic (exact) mass is 438 g/mol. The van der Waals surface area contributed by atoms with Gasteiger partial charge in [-0.15, -0.1) is 5.10 Å². The molecule has 1 spiro atoms. The molecule has 166 valence electrons. The maximum absolute atomic E-state index is 12.3. The molecule has 1 aliphatic carbocycles. The molecule has 0 atom stereocenters. The number of halogens is 2. The van der Waals surface area contributed by atoms with E-state index in [4.69, 9.17) is 0 Å². The smallest absolute Gasteiger partial charge is 0.387 e. The molecule has 0 amide bonds. The molecule has 7 nitrogen and oxygen atoms in total. The summed E-state index contributed by atoms with van der Waals surface area (Å²) in [6.07, 6.45) is 9.87. The molecule has 1 aromatic carbocycles. The molecule has 2 aromatic heterocycles. The highest BCUT2D eigenvalue weighted by Gasteiger charge is 2.39. The van der Waals surface area contributed by atoms with Crippen molar-refractivity contribution in [2.75, 3.05) is 23.3 Å². The summed E-state index contributed by atoms with van der Waals surface area (Å²) in [7, 11) is 0. The summed E-state index contributed by atoms with van der Waals surface area (Å²) in [5, 5.41) is 11.4. The molecule has 1 aliphatic heterocycles. The first-order valence-electron chi connectivity index (χ1n) is 10.8. The van der Waals surface area contributed by atoms with E-state index in [1.807, 2.05) is 6.07 Å². The fourth-order valence-corrected chi connectivity index (χ4v) is 4.47. The quantitative estimate of drug-likeness (QED) is 0.577. The van der Waals surface area contributed by atoms with Gasteiger partial charge >= 0.3 is 6.61 Å². The van der Waals surface area contributed by atoms with Gasteiger partial charge in [0.25, 0.3) is 0 Å². The summed E-state index contributed by atoms with van der Waals surface area (Å²) in [6, 6.07) is 10.0. The third kappa shape index (κ3) is 4.46. The van der Waals surface area contributed by atoms with Crippen LogP contribution in [-0.4, -0.2) is 39.9 Å². The van der Waals surface area contributed by atoms with Crippen LogP contribution in [0.5, 0.6) is 5.75 Å². The van der Waals surface area contributed by atoms with Crippen molar-refractivity contribution in [3.63, 3.8) is 0 Å². The molecule has 1 saturated carbocycles. The van der Waals surface area contributed by atoms with Crippen LogP contribution in [0.4, 0.5) is 26.4 Å². The van der Waals surface area contributed by atoms with E-state index in [0.29, 0.717) is 17.1 Å². The first-order chi connectivity index (χ1) is 15.6. The van der Waals surface area contributed by atoms with Crippen LogP contribution in [0.25, 0.3) is 11.1 Å². The van der Waals surface area contributed by atoms with Crippen molar-refractivity contribution in [1.82, 2.24) is 20.2 Å². The number of hydrogen-bond acceptors (Lipinski definition) is 7. The second-order valence-corrected chi connectivity index (χ2v) is 8.44. The number of alkyl halides is 2. The first kappa shape index (κ1) is 20.5. The van der Waals surface area contributed by atoms with Gasteiger partial charge in [0.15, 0.2) is 5.82 Å². The Morgan fingerprint density at radius 3 is 2.44 bits per heavy atom. The molecule has 3 heterocycles. The minimum atomic E-state index is -2.85. The third-order valence-electron chi connectivity index (χ3n) is 6.49. The van der Waals surface area contributed by atoms with Gasteiger partial charge in [-0.3, -0.25) is 0 Å². The third-order valence-corrected chi connectivity index (χ3v) is 6.49. The van der Waals surface area contributed by atoms with Crippen LogP contribution in [0.1, 0.15) is 32.1 Å². The van der Waals surface area contributed by atoms with Crippen molar-refractivity contribution in [2.45, 2.75) is 38.7 Å². The Morgan fingerprint density at radius 2 is 1.75 bits per heavy atom. The number of benzene rings is 1. The number of nitrogens with zero attached hydrogens (tertiary/aromatic N) is 5. The van der Waals surface area contributed by atoms with Gasteiger partial charge in [0, 0.05) is 24.8 Å². The van der Waals surface area contributed by atoms with Crippen LogP contribution < -0.4 is 15.0 Å². The van der Waals surface area contributed by atoms with Gasteiger partial charge in [0.2, 0.25) is 5.95 Å². The Bertz CT molecular complexity index is 1060. The minimum absolute atomic E-state index is 0.110. The average Bonchev–Trinajstić information content (AvgIpc) is 2.79. The molecule has 0 unspecified atom stereocenters. The first-order valence-corrected chi connectivity index (χ1v) is 10.8. The molecular weight excluding hydrogens is 414 g/mol. The van der Waals surface area contributed by atoms with Crippen molar-refractivity contribution >= 4 is 17.6 Å². The van der Waals surface area contributed by atoms with Gasteiger partial charge < -0.3 is 15.0 Å². The molecule has 2 aliphatic rings. The zero-order valence-electron chi connectivity index (χ0n) is 17.5. The number of aromatic nitrogens is 4. The molecule has 0 radical (unpaired) electrons. The molecule has 0 bridgehead atoms. The van der Waals surface area contributed by atoms with Crippen LogP contribution in [-0.2, 0) is 0 Å². The molecular formula is C23H24F2N6O. The fourth-order valence-electron chi connectivity index (χ4n) is 4.47. The highest BCUT2D eigenvalue weighted by Crippen LogP contribution is 2.49. The molecule has 1 saturated heterocycles. The van der Waals surface area contributed by atoms with Crippen molar-refractivity contribution in [3.8, 4) is 16.9 Å². The topological polar surface area (TPSA) is 76.1 Å². The zero-order chi connectivity index (χ0) is 22.0. The summed E-state index contributed by atoms with van der Waals surface area (Å²) < 4.78 is 29.1.